The number of hydrogen-bond acceptors (Lipinski definition) is 4. The number of fused-ring (bicyclic) bond motifs is 1. The van der Waals surface area contributed by atoms with Crippen LogP contribution in [0.3, 0.4) is 0 Å². The van der Waals surface area contributed by atoms with Crippen molar-refractivity contribution in [3.8, 4) is 12.1 Å². The summed E-state index contributed by atoms with van der Waals surface area (Å²) in [5.41, 5.74) is 2.15. The fraction of sp³-hybridized carbons (Fsp3) is 0.267. The van der Waals surface area contributed by atoms with Crippen LogP contribution in [0, 0.1) is 22.7 Å². The average Bonchev–Trinajstić information content (AvgIpc) is 2.44. The Labute approximate surface area is 117 Å². The standard InChI is InChI=1S/C15H14N4O/c1-15(2)9-19-14(20)12-5-11(3-4-13(12)15)18-8-10(6-16)7-17/h3-5,8,18H,9H2,1-2H3,(H,19,20). The van der Waals surface area contributed by atoms with Crippen LogP contribution in [-0.2, 0) is 5.41 Å². The maximum absolute atomic E-state index is 11.9. The summed E-state index contributed by atoms with van der Waals surface area (Å²) in [6.07, 6.45) is 1.33. The molecule has 0 aromatic heterocycles. The fourth-order valence-corrected chi connectivity index (χ4v) is 2.15. The zero-order chi connectivity index (χ0) is 14.8. The second-order valence-corrected chi connectivity index (χ2v) is 5.25. The van der Waals surface area contributed by atoms with E-state index in [1.165, 1.54) is 6.20 Å². The Kier molecular flexibility index (Phi) is 3.45. The van der Waals surface area contributed by atoms with Crippen molar-refractivity contribution in [2.45, 2.75) is 19.3 Å². The van der Waals surface area contributed by atoms with E-state index >= 15 is 0 Å². The topological polar surface area (TPSA) is 88.7 Å². The Bertz CT molecular complexity index is 658. The lowest BCUT2D eigenvalue weighted by Gasteiger charge is -2.32. The highest BCUT2D eigenvalue weighted by Gasteiger charge is 2.31. The van der Waals surface area contributed by atoms with Gasteiger partial charge in [0.1, 0.15) is 17.7 Å². The molecule has 1 aromatic carbocycles. The van der Waals surface area contributed by atoms with Crippen molar-refractivity contribution in [2.24, 2.45) is 0 Å². The number of nitriles is 2. The second-order valence-electron chi connectivity index (χ2n) is 5.25. The van der Waals surface area contributed by atoms with Crippen LogP contribution in [0.2, 0.25) is 0 Å². The van der Waals surface area contributed by atoms with Gasteiger partial charge in [-0.25, -0.2) is 0 Å². The molecule has 0 unspecified atom stereocenters. The number of rotatable bonds is 2. The molecule has 100 valence electrons. The lowest BCUT2D eigenvalue weighted by atomic mass is 9.79. The molecule has 1 aliphatic rings. The van der Waals surface area contributed by atoms with Crippen molar-refractivity contribution in [1.29, 1.82) is 10.5 Å². The van der Waals surface area contributed by atoms with Crippen LogP contribution >= 0.6 is 0 Å². The van der Waals surface area contributed by atoms with E-state index in [9.17, 15) is 4.79 Å². The molecule has 0 bridgehead atoms. The average molecular weight is 266 g/mol. The Morgan fingerprint density at radius 1 is 1.40 bits per heavy atom. The molecule has 20 heavy (non-hydrogen) atoms. The van der Waals surface area contributed by atoms with Crippen molar-refractivity contribution in [2.75, 3.05) is 11.9 Å². The predicted molar refractivity (Wildman–Crippen MR) is 74.7 cm³/mol. The molecule has 0 aliphatic carbocycles. The van der Waals surface area contributed by atoms with Gasteiger partial charge in [-0.1, -0.05) is 19.9 Å². The summed E-state index contributed by atoms with van der Waals surface area (Å²) in [4.78, 5) is 11.9. The van der Waals surface area contributed by atoms with E-state index in [2.05, 4.69) is 24.5 Å². The summed E-state index contributed by atoms with van der Waals surface area (Å²) in [5.74, 6) is -0.104. The van der Waals surface area contributed by atoms with E-state index < -0.39 is 0 Å². The van der Waals surface area contributed by atoms with Crippen molar-refractivity contribution in [3.63, 3.8) is 0 Å². The van der Waals surface area contributed by atoms with Crippen molar-refractivity contribution in [3.05, 3.63) is 41.1 Å². The molecule has 0 radical (unpaired) electrons. The maximum atomic E-state index is 11.9. The third-order valence-electron chi connectivity index (χ3n) is 3.31. The van der Waals surface area contributed by atoms with Crippen LogP contribution in [0.4, 0.5) is 5.69 Å². The number of allylic oxidation sites excluding steroid dienone is 1. The number of anilines is 1. The van der Waals surface area contributed by atoms with E-state index in [1.807, 2.05) is 12.1 Å². The maximum Gasteiger partial charge on any atom is 0.251 e. The molecule has 1 amide bonds. The number of benzene rings is 1. The van der Waals surface area contributed by atoms with Gasteiger partial charge in [-0.05, 0) is 17.7 Å². The van der Waals surface area contributed by atoms with Gasteiger partial charge < -0.3 is 10.6 Å². The molecular weight excluding hydrogens is 252 g/mol. The van der Waals surface area contributed by atoms with Crippen LogP contribution < -0.4 is 10.6 Å². The Balaban J connectivity index is 2.36. The van der Waals surface area contributed by atoms with Crippen LogP contribution in [0.1, 0.15) is 29.8 Å². The normalized spacial score (nSPS) is 15.1. The molecular formula is C15H14N4O. The number of hydrogen-bond donors (Lipinski definition) is 2. The van der Waals surface area contributed by atoms with Gasteiger partial charge in [0.2, 0.25) is 0 Å². The highest BCUT2D eigenvalue weighted by molar-refractivity contribution is 5.98. The van der Waals surface area contributed by atoms with Crippen LogP contribution in [0.5, 0.6) is 0 Å². The van der Waals surface area contributed by atoms with Gasteiger partial charge in [0, 0.05) is 29.4 Å². The van der Waals surface area contributed by atoms with Gasteiger partial charge in [-0.15, -0.1) is 0 Å². The van der Waals surface area contributed by atoms with Crippen LogP contribution in [0.15, 0.2) is 30.0 Å². The van der Waals surface area contributed by atoms with Gasteiger partial charge in [0.15, 0.2) is 0 Å². The highest BCUT2D eigenvalue weighted by Crippen LogP contribution is 2.31. The van der Waals surface area contributed by atoms with Gasteiger partial charge in [0.25, 0.3) is 5.91 Å². The molecule has 2 rings (SSSR count). The smallest absolute Gasteiger partial charge is 0.251 e. The molecule has 0 spiro atoms. The summed E-state index contributed by atoms with van der Waals surface area (Å²) in [6.45, 7) is 4.75. The second kappa shape index (κ2) is 5.07. The number of nitrogens with zero attached hydrogens (tertiary/aromatic N) is 2. The summed E-state index contributed by atoms with van der Waals surface area (Å²) >= 11 is 0. The van der Waals surface area contributed by atoms with E-state index in [1.54, 1.807) is 18.2 Å². The molecule has 1 aromatic rings. The molecule has 0 saturated heterocycles. The highest BCUT2D eigenvalue weighted by atomic mass is 16.1. The molecule has 0 atom stereocenters. The van der Waals surface area contributed by atoms with Gasteiger partial charge in [0.05, 0.1) is 0 Å². The third-order valence-corrected chi connectivity index (χ3v) is 3.31. The van der Waals surface area contributed by atoms with Crippen molar-refractivity contribution in [1.82, 2.24) is 5.32 Å². The number of carbonyl (C=O) groups is 1. The van der Waals surface area contributed by atoms with E-state index in [-0.39, 0.29) is 16.9 Å². The fourth-order valence-electron chi connectivity index (χ4n) is 2.15. The molecule has 1 aliphatic heterocycles. The predicted octanol–water partition coefficient (Wildman–Crippen LogP) is 2.05. The zero-order valence-electron chi connectivity index (χ0n) is 11.3. The molecule has 2 N–H and O–H groups in total. The first-order valence-electron chi connectivity index (χ1n) is 6.17. The molecule has 5 nitrogen and oxygen atoms in total. The van der Waals surface area contributed by atoms with E-state index in [0.29, 0.717) is 17.8 Å². The minimum Gasteiger partial charge on any atom is -0.360 e. The number of nitrogens with one attached hydrogen (secondary N) is 2. The van der Waals surface area contributed by atoms with E-state index in [0.717, 1.165) is 5.56 Å². The Morgan fingerprint density at radius 2 is 2.10 bits per heavy atom. The minimum absolute atomic E-state index is 0.0208. The number of carbonyl (C=O) groups excluding carboxylic acids is 1. The first kappa shape index (κ1) is 13.6. The lowest BCUT2D eigenvalue weighted by Crippen LogP contribution is -2.43. The van der Waals surface area contributed by atoms with Gasteiger partial charge in [-0.3, -0.25) is 4.79 Å². The van der Waals surface area contributed by atoms with Crippen LogP contribution in [0.25, 0.3) is 0 Å². The number of amides is 1. The van der Waals surface area contributed by atoms with E-state index in [4.69, 9.17) is 10.5 Å². The third kappa shape index (κ3) is 2.48. The molecule has 1 heterocycles. The van der Waals surface area contributed by atoms with Gasteiger partial charge in [-0.2, -0.15) is 10.5 Å². The first-order chi connectivity index (χ1) is 9.47. The summed E-state index contributed by atoms with van der Waals surface area (Å²) in [7, 11) is 0. The summed E-state index contributed by atoms with van der Waals surface area (Å²) < 4.78 is 0. The van der Waals surface area contributed by atoms with Crippen LogP contribution in [-0.4, -0.2) is 12.5 Å². The first-order valence-corrected chi connectivity index (χ1v) is 6.17. The van der Waals surface area contributed by atoms with Crippen molar-refractivity contribution >= 4 is 11.6 Å². The molecule has 0 fully saturated rings. The summed E-state index contributed by atoms with van der Waals surface area (Å²) in [6, 6.07) is 9.00. The zero-order valence-corrected chi connectivity index (χ0v) is 11.3. The minimum atomic E-state index is -0.109. The lowest BCUT2D eigenvalue weighted by molar-refractivity contribution is 0.0930. The monoisotopic (exact) mass is 266 g/mol. The SMILES string of the molecule is CC1(C)CNC(=O)c2cc(NC=C(C#N)C#N)ccc21. The summed E-state index contributed by atoms with van der Waals surface area (Å²) in [5, 5.41) is 23.0. The quantitative estimate of drug-likeness (QED) is 0.802. The largest absolute Gasteiger partial charge is 0.360 e. The van der Waals surface area contributed by atoms with Crippen molar-refractivity contribution < 1.29 is 4.79 Å². The molecule has 5 heteroatoms. The van der Waals surface area contributed by atoms with Gasteiger partial charge >= 0.3 is 0 Å². The molecule has 0 saturated carbocycles. The Hall–Kier alpha value is -2.79. The Morgan fingerprint density at radius 3 is 2.75 bits per heavy atom.